The van der Waals surface area contributed by atoms with E-state index in [4.69, 9.17) is 0 Å². The number of H-pyrrole nitrogens is 1. The fourth-order valence-electron chi connectivity index (χ4n) is 1.48. The van der Waals surface area contributed by atoms with Gasteiger partial charge in [-0.25, -0.2) is 13.8 Å². The van der Waals surface area contributed by atoms with E-state index >= 15 is 0 Å². The van der Waals surface area contributed by atoms with Gasteiger partial charge < -0.3 is 10.3 Å². The molecule has 1 amide bonds. The van der Waals surface area contributed by atoms with Gasteiger partial charge in [-0.15, -0.1) is 0 Å². The molecule has 0 aliphatic heterocycles. The Kier molecular flexibility index (Phi) is 3.36. The molecule has 0 fully saturated rings. The third kappa shape index (κ3) is 2.53. The topological polar surface area (TPSA) is 57.8 Å². The first-order chi connectivity index (χ1) is 8.58. The molecule has 6 heteroatoms. The summed E-state index contributed by atoms with van der Waals surface area (Å²) >= 11 is 0. The van der Waals surface area contributed by atoms with Crippen molar-refractivity contribution < 1.29 is 13.6 Å². The molecule has 0 spiro atoms. The molecular formula is C12H11F2N3O. The van der Waals surface area contributed by atoms with Crippen molar-refractivity contribution in [1.82, 2.24) is 15.3 Å². The van der Waals surface area contributed by atoms with Crippen LogP contribution in [-0.2, 0) is 6.54 Å². The van der Waals surface area contributed by atoms with Crippen molar-refractivity contribution in [2.45, 2.75) is 13.5 Å². The highest BCUT2D eigenvalue weighted by atomic mass is 19.1. The summed E-state index contributed by atoms with van der Waals surface area (Å²) in [7, 11) is 0. The molecule has 2 rings (SSSR count). The maximum atomic E-state index is 13.4. The third-order valence-electron chi connectivity index (χ3n) is 2.49. The van der Waals surface area contributed by atoms with Crippen LogP contribution in [0.1, 0.15) is 21.6 Å². The van der Waals surface area contributed by atoms with Crippen LogP contribution in [0.3, 0.4) is 0 Å². The molecular weight excluding hydrogens is 240 g/mol. The number of hydrogen-bond donors (Lipinski definition) is 2. The molecule has 2 aromatic rings. The first kappa shape index (κ1) is 12.2. The maximum Gasteiger partial charge on any atom is 0.254 e. The SMILES string of the molecule is Cc1cc(C(=O)NCc2cnc[nH]2)c(F)cc1F. The zero-order valence-corrected chi connectivity index (χ0v) is 9.63. The second-order valence-electron chi connectivity index (χ2n) is 3.84. The van der Waals surface area contributed by atoms with Crippen molar-refractivity contribution in [3.05, 3.63) is 53.1 Å². The fraction of sp³-hybridized carbons (Fsp3) is 0.167. The summed E-state index contributed by atoms with van der Waals surface area (Å²) in [5, 5.41) is 2.52. The van der Waals surface area contributed by atoms with Crippen LogP contribution in [0.2, 0.25) is 0 Å². The number of amides is 1. The molecule has 0 saturated heterocycles. The lowest BCUT2D eigenvalue weighted by Crippen LogP contribution is -2.24. The molecule has 2 N–H and O–H groups in total. The smallest absolute Gasteiger partial charge is 0.254 e. The van der Waals surface area contributed by atoms with E-state index in [-0.39, 0.29) is 17.7 Å². The minimum Gasteiger partial charge on any atom is -0.347 e. The van der Waals surface area contributed by atoms with Crippen LogP contribution in [0, 0.1) is 18.6 Å². The average Bonchev–Trinajstić information content (AvgIpc) is 2.84. The van der Waals surface area contributed by atoms with Crippen molar-refractivity contribution in [2.75, 3.05) is 0 Å². The molecule has 0 atom stereocenters. The number of aryl methyl sites for hydroxylation is 1. The zero-order chi connectivity index (χ0) is 13.1. The van der Waals surface area contributed by atoms with Crippen LogP contribution in [0.15, 0.2) is 24.7 Å². The van der Waals surface area contributed by atoms with Crippen LogP contribution in [0.5, 0.6) is 0 Å². The van der Waals surface area contributed by atoms with Crippen molar-refractivity contribution >= 4 is 5.91 Å². The van der Waals surface area contributed by atoms with Crippen LogP contribution in [0.4, 0.5) is 8.78 Å². The van der Waals surface area contributed by atoms with E-state index in [0.29, 0.717) is 11.8 Å². The lowest BCUT2D eigenvalue weighted by molar-refractivity contribution is 0.0946. The normalized spacial score (nSPS) is 10.4. The number of aromatic nitrogens is 2. The molecule has 1 aromatic carbocycles. The van der Waals surface area contributed by atoms with Crippen molar-refractivity contribution in [2.24, 2.45) is 0 Å². The molecule has 18 heavy (non-hydrogen) atoms. The van der Waals surface area contributed by atoms with Gasteiger partial charge in [-0.05, 0) is 18.6 Å². The molecule has 0 saturated carbocycles. The highest BCUT2D eigenvalue weighted by Gasteiger charge is 2.14. The Labute approximate surface area is 102 Å². The van der Waals surface area contributed by atoms with Gasteiger partial charge in [-0.1, -0.05) is 0 Å². The van der Waals surface area contributed by atoms with Crippen LogP contribution in [0.25, 0.3) is 0 Å². The zero-order valence-electron chi connectivity index (χ0n) is 9.63. The summed E-state index contributed by atoms with van der Waals surface area (Å²) in [5.74, 6) is -2.14. The second kappa shape index (κ2) is 4.95. The number of hydrogen-bond acceptors (Lipinski definition) is 2. The van der Waals surface area contributed by atoms with E-state index in [9.17, 15) is 13.6 Å². The third-order valence-corrected chi connectivity index (χ3v) is 2.49. The molecule has 0 unspecified atom stereocenters. The Balaban J connectivity index is 2.11. The predicted molar refractivity (Wildman–Crippen MR) is 60.9 cm³/mol. The number of carbonyl (C=O) groups excluding carboxylic acids is 1. The number of rotatable bonds is 3. The highest BCUT2D eigenvalue weighted by Crippen LogP contribution is 2.14. The maximum absolute atomic E-state index is 13.4. The van der Waals surface area contributed by atoms with Gasteiger partial charge in [0.25, 0.3) is 5.91 Å². The van der Waals surface area contributed by atoms with Gasteiger partial charge in [-0.2, -0.15) is 0 Å². The summed E-state index contributed by atoms with van der Waals surface area (Å²) in [6, 6.07) is 1.90. The minimum atomic E-state index is -0.875. The van der Waals surface area contributed by atoms with E-state index in [0.717, 1.165) is 0 Å². The fourth-order valence-corrected chi connectivity index (χ4v) is 1.48. The molecule has 4 nitrogen and oxygen atoms in total. The first-order valence-corrected chi connectivity index (χ1v) is 5.29. The van der Waals surface area contributed by atoms with Crippen LogP contribution < -0.4 is 5.32 Å². The van der Waals surface area contributed by atoms with Gasteiger partial charge in [-0.3, -0.25) is 4.79 Å². The molecule has 1 aromatic heterocycles. The lowest BCUT2D eigenvalue weighted by atomic mass is 10.1. The summed E-state index contributed by atoms with van der Waals surface area (Å²) in [6.07, 6.45) is 3.02. The highest BCUT2D eigenvalue weighted by molar-refractivity contribution is 5.94. The number of carbonyl (C=O) groups is 1. The van der Waals surface area contributed by atoms with Gasteiger partial charge in [0.05, 0.1) is 24.1 Å². The Morgan fingerprint density at radius 2 is 2.17 bits per heavy atom. The number of aromatic amines is 1. The van der Waals surface area contributed by atoms with Gasteiger partial charge in [0, 0.05) is 12.3 Å². The van der Waals surface area contributed by atoms with E-state index in [1.165, 1.54) is 19.3 Å². The number of nitrogens with one attached hydrogen (secondary N) is 2. The Morgan fingerprint density at radius 1 is 1.39 bits per heavy atom. The van der Waals surface area contributed by atoms with E-state index < -0.39 is 17.5 Å². The minimum absolute atomic E-state index is 0.173. The molecule has 94 valence electrons. The van der Waals surface area contributed by atoms with Gasteiger partial charge in [0.1, 0.15) is 11.6 Å². The predicted octanol–water partition coefficient (Wildman–Crippen LogP) is 1.93. The lowest BCUT2D eigenvalue weighted by Gasteiger charge is -2.06. The standard InChI is InChI=1S/C12H11F2N3O/c1-7-2-9(11(14)3-10(7)13)12(18)16-5-8-4-15-6-17-8/h2-4,6H,5H2,1H3,(H,15,17)(H,16,18). The van der Waals surface area contributed by atoms with Crippen molar-refractivity contribution in [3.8, 4) is 0 Å². The second-order valence-corrected chi connectivity index (χ2v) is 3.84. The van der Waals surface area contributed by atoms with E-state index in [2.05, 4.69) is 15.3 Å². The average molecular weight is 251 g/mol. The molecule has 0 aliphatic carbocycles. The number of benzene rings is 1. The van der Waals surface area contributed by atoms with Crippen LogP contribution >= 0.6 is 0 Å². The van der Waals surface area contributed by atoms with Crippen molar-refractivity contribution in [3.63, 3.8) is 0 Å². The summed E-state index contributed by atoms with van der Waals surface area (Å²) in [5.41, 5.74) is 0.749. The number of halogens is 2. The molecule has 0 aliphatic rings. The monoisotopic (exact) mass is 251 g/mol. The van der Waals surface area contributed by atoms with Gasteiger partial charge in [0.15, 0.2) is 0 Å². The Morgan fingerprint density at radius 3 is 2.83 bits per heavy atom. The summed E-state index contributed by atoms with van der Waals surface area (Å²) in [4.78, 5) is 18.3. The summed E-state index contributed by atoms with van der Waals surface area (Å²) in [6.45, 7) is 1.68. The van der Waals surface area contributed by atoms with E-state index in [1.807, 2.05) is 0 Å². The number of nitrogens with zero attached hydrogens (tertiary/aromatic N) is 1. The molecule has 0 radical (unpaired) electrons. The van der Waals surface area contributed by atoms with Gasteiger partial charge in [0.2, 0.25) is 0 Å². The van der Waals surface area contributed by atoms with E-state index in [1.54, 1.807) is 6.20 Å². The Hall–Kier alpha value is -2.24. The van der Waals surface area contributed by atoms with Gasteiger partial charge >= 0.3 is 0 Å². The number of imidazole rings is 1. The largest absolute Gasteiger partial charge is 0.347 e. The molecule has 1 heterocycles. The first-order valence-electron chi connectivity index (χ1n) is 5.29. The van der Waals surface area contributed by atoms with Crippen LogP contribution in [-0.4, -0.2) is 15.9 Å². The summed E-state index contributed by atoms with van der Waals surface area (Å²) < 4.78 is 26.5. The quantitative estimate of drug-likeness (QED) is 0.875. The van der Waals surface area contributed by atoms with Crippen molar-refractivity contribution in [1.29, 1.82) is 0 Å². The molecule has 0 bridgehead atoms. The Bertz CT molecular complexity index is 567.